The number of hydrogen-bond acceptors (Lipinski definition) is 4. The summed E-state index contributed by atoms with van der Waals surface area (Å²) >= 11 is 0. The van der Waals surface area contributed by atoms with Gasteiger partial charge in [-0.15, -0.1) is 0 Å². The van der Waals surface area contributed by atoms with Gasteiger partial charge in [-0.25, -0.2) is 17.8 Å². The molecule has 1 aliphatic heterocycles. The first-order chi connectivity index (χ1) is 9.05. The Hall–Kier alpha value is -1.05. The van der Waals surface area contributed by atoms with Crippen LogP contribution in [0, 0.1) is 5.82 Å². The maximum Gasteiger partial charge on any atom is 0.263 e. The minimum Gasteiger partial charge on any atom is -0.377 e. The van der Waals surface area contributed by atoms with E-state index in [1.807, 2.05) is 6.92 Å². The van der Waals surface area contributed by atoms with E-state index in [1.165, 1.54) is 16.6 Å². The Morgan fingerprint density at radius 3 is 3.05 bits per heavy atom. The molecule has 1 aromatic rings. The molecule has 1 aliphatic rings. The van der Waals surface area contributed by atoms with Crippen molar-refractivity contribution in [1.82, 2.24) is 9.29 Å². The van der Waals surface area contributed by atoms with E-state index in [2.05, 4.69) is 4.98 Å². The smallest absolute Gasteiger partial charge is 0.263 e. The van der Waals surface area contributed by atoms with Gasteiger partial charge in [0.2, 0.25) is 5.03 Å². The molecule has 0 spiro atoms. The van der Waals surface area contributed by atoms with E-state index in [0.717, 1.165) is 12.5 Å². The van der Waals surface area contributed by atoms with Crippen LogP contribution in [0.2, 0.25) is 0 Å². The Morgan fingerprint density at radius 2 is 2.37 bits per heavy atom. The minimum atomic E-state index is -3.88. The van der Waals surface area contributed by atoms with Crippen molar-refractivity contribution < 1.29 is 17.5 Å². The van der Waals surface area contributed by atoms with E-state index in [0.29, 0.717) is 19.6 Å². The lowest BCUT2D eigenvalue weighted by molar-refractivity contribution is 0.0264. The van der Waals surface area contributed by atoms with Crippen molar-refractivity contribution in [2.75, 3.05) is 19.7 Å². The van der Waals surface area contributed by atoms with E-state index in [1.54, 1.807) is 0 Å². The van der Waals surface area contributed by atoms with Gasteiger partial charge in [-0.1, -0.05) is 0 Å². The topological polar surface area (TPSA) is 59.5 Å². The van der Waals surface area contributed by atoms with Gasteiger partial charge in [0.15, 0.2) is 5.82 Å². The van der Waals surface area contributed by atoms with Crippen LogP contribution in [-0.2, 0) is 14.8 Å². The molecule has 5 nitrogen and oxygen atoms in total. The van der Waals surface area contributed by atoms with Gasteiger partial charge in [0.25, 0.3) is 10.0 Å². The van der Waals surface area contributed by atoms with Gasteiger partial charge in [-0.05, 0) is 31.9 Å². The molecule has 0 bridgehead atoms. The van der Waals surface area contributed by atoms with Crippen molar-refractivity contribution in [3.63, 3.8) is 0 Å². The van der Waals surface area contributed by atoms with Crippen molar-refractivity contribution in [3.8, 4) is 0 Å². The van der Waals surface area contributed by atoms with Crippen LogP contribution >= 0.6 is 0 Å². The standard InChI is InChI=1S/C12H17FN2O3S/c1-2-18-10-5-4-8-15(9-10)19(16,17)12-11(13)6-3-7-14-12/h3,6-7,10H,2,4-5,8-9H2,1H3. The lowest BCUT2D eigenvalue weighted by atomic mass is 10.1. The van der Waals surface area contributed by atoms with Crippen LogP contribution < -0.4 is 0 Å². The fourth-order valence-electron chi connectivity index (χ4n) is 2.18. The number of halogens is 1. The SMILES string of the molecule is CCOC1CCCN(S(=O)(=O)c2ncccc2F)C1. The molecule has 2 rings (SSSR count). The summed E-state index contributed by atoms with van der Waals surface area (Å²) in [4.78, 5) is 3.65. The van der Waals surface area contributed by atoms with E-state index in [-0.39, 0.29) is 12.6 Å². The van der Waals surface area contributed by atoms with Crippen molar-refractivity contribution in [2.45, 2.75) is 30.9 Å². The number of rotatable bonds is 4. The summed E-state index contributed by atoms with van der Waals surface area (Å²) in [5.41, 5.74) is 0. The van der Waals surface area contributed by atoms with Crippen LogP contribution in [0.5, 0.6) is 0 Å². The van der Waals surface area contributed by atoms with Crippen molar-refractivity contribution in [1.29, 1.82) is 0 Å². The highest BCUT2D eigenvalue weighted by atomic mass is 32.2. The second-order valence-electron chi connectivity index (χ2n) is 4.37. The first-order valence-corrected chi connectivity index (χ1v) is 7.72. The van der Waals surface area contributed by atoms with Crippen molar-refractivity contribution in [3.05, 3.63) is 24.1 Å². The Balaban J connectivity index is 2.22. The second kappa shape index (κ2) is 5.94. The second-order valence-corrected chi connectivity index (χ2v) is 6.23. The summed E-state index contributed by atoms with van der Waals surface area (Å²) in [7, 11) is -3.88. The lowest BCUT2D eigenvalue weighted by Gasteiger charge is -2.31. The van der Waals surface area contributed by atoms with Crippen LogP contribution in [0.25, 0.3) is 0 Å². The number of ether oxygens (including phenoxy) is 1. The third-order valence-corrected chi connectivity index (χ3v) is 4.85. The molecule has 0 saturated carbocycles. The van der Waals surface area contributed by atoms with Gasteiger partial charge >= 0.3 is 0 Å². The van der Waals surface area contributed by atoms with Gasteiger partial charge in [0.05, 0.1) is 6.10 Å². The predicted molar refractivity (Wildman–Crippen MR) is 67.6 cm³/mol. The fourth-order valence-corrected chi connectivity index (χ4v) is 3.66. The number of nitrogens with zero attached hydrogens (tertiary/aromatic N) is 2. The molecule has 7 heteroatoms. The summed E-state index contributed by atoms with van der Waals surface area (Å²) in [6.07, 6.45) is 2.68. The molecule has 0 aromatic carbocycles. The normalized spacial score (nSPS) is 21.5. The molecule has 19 heavy (non-hydrogen) atoms. The van der Waals surface area contributed by atoms with E-state index < -0.39 is 20.9 Å². The third-order valence-electron chi connectivity index (χ3n) is 3.05. The third kappa shape index (κ3) is 3.10. The first kappa shape index (κ1) is 14.4. The zero-order valence-corrected chi connectivity index (χ0v) is 11.6. The number of sulfonamides is 1. The molecule has 1 unspecified atom stereocenters. The maximum atomic E-state index is 13.6. The van der Waals surface area contributed by atoms with E-state index in [9.17, 15) is 12.8 Å². The largest absolute Gasteiger partial charge is 0.377 e. The molecule has 1 saturated heterocycles. The summed E-state index contributed by atoms with van der Waals surface area (Å²) in [5.74, 6) is -0.818. The molecule has 0 N–H and O–H groups in total. The minimum absolute atomic E-state index is 0.125. The van der Waals surface area contributed by atoms with Gasteiger partial charge in [0, 0.05) is 25.9 Å². The number of pyridine rings is 1. The molecule has 0 amide bonds. The number of aromatic nitrogens is 1. The van der Waals surface area contributed by atoms with Crippen LogP contribution in [0.1, 0.15) is 19.8 Å². The van der Waals surface area contributed by atoms with Gasteiger partial charge in [-0.3, -0.25) is 0 Å². The van der Waals surface area contributed by atoms with Crippen LogP contribution in [0.3, 0.4) is 0 Å². The Morgan fingerprint density at radius 1 is 1.58 bits per heavy atom. The van der Waals surface area contributed by atoms with Crippen molar-refractivity contribution >= 4 is 10.0 Å². The molecule has 1 fully saturated rings. The molecular weight excluding hydrogens is 271 g/mol. The highest BCUT2D eigenvalue weighted by molar-refractivity contribution is 7.89. The highest BCUT2D eigenvalue weighted by Gasteiger charge is 2.33. The van der Waals surface area contributed by atoms with E-state index in [4.69, 9.17) is 4.74 Å². The monoisotopic (exact) mass is 288 g/mol. The van der Waals surface area contributed by atoms with Gasteiger partial charge < -0.3 is 4.74 Å². The van der Waals surface area contributed by atoms with E-state index >= 15 is 0 Å². The Kier molecular flexibility index (Phi) is 4.49. The van der Waals surface area contributed by atoms with Crippen LogP contribution in [-0.4, -0.2) is 43.5 Å². The lowest BCUT2D eigenvalue weighted by Crippen LogP contribution is -2.43. The quantitative estimate of drug-likeness (QED) is 0.840. The van der Waals surface area contributed by atoms with Crippen LogP contribution in [0.15, 0.2) is 23.4 Å². The molecule has 0 radical (unpaired) electrons. The molecule has 1 aromatic heterocycles. The predicted octanol–water partition coefficient (Wildman–Crippen LogP) is 1.41. The average molecular weight is 288 g/mol. The summed E-state index contributed by atoms with van der Waals surface area (Å²) < 4.78 is 44.9. The molecule has 1 atom stereocenters. The summed E-state index contributed by atoms with van der Waals surface area (Å²) in [5, 5.41) is -0.507. The zero-order chi connectivity index (χ0) is 13.9. The van der Waals surface area contributed by atoms with Crippen LogP contribution in [0.4, 0.5) is 4.39 Å². The van der Waals surface area contributed by atoms with Gasteiger partial charge in [0.1, 0.15) is 0 Å². The summed E-state index contributed by atoms with van der Waals surface area (Å²) in [6.45, 7) is 3.04. The molecule has 106 valence electrons. The first-order valence-electron chi connectivity index (χ1n) is 6.28. The maximum absolute atomic E-state index is 13.6. The van der Waals surface area contributed by atoms with Crippen molar-refractivity contribution in [2.24, 2.45) is 0 Å². The Labute approximate surface area is 112 Å². The fraction of sp³-hybridized carbons (Fsp3) is 0.583. The van der Waals surface area contributed by atoms with Gasteiger partial charge in [-0.2, -0.15) is 4.31 Å². The zero-order valence-electron chi connectivity index (χ0n) is 10.8. The molecule has 0 aliphatic carbocycles. The number of piperidine rings is 1. The molecular formula is C12H17FN2O3S. The molecule has 2 heterocycles. The highest BCUT2D eigenvalue weighted by Crippen LogP contribution is 2.22. The average Bonchev–Trinajstić information content (AvgIpc) is 2.40. The number of hydrogen-bond donors (Lipinski definition) is 0. The Bertz CT molecular complexity index is 534. The summed E-state index contributed by atoms with van der Waals surface area (Å²) in [6, 6.07) is 2.47.